The molecule has 8 heteroatoms. The Kier molecular flexibility index (Phi) is 8.25. The van der Waals surface area contributed by atoms with Gasteiger partial charge in [0.25, 0.3) is 0 Å². The van der Waals surface area contributed by atoms with Crippen LogP contribution in [0.25, 0.3) is 0 Å². The SMILES string of the molecule is CSCCCNC(=NCc1nnc(C)n1C)N(C)Cc1ccccc1Cl. The number of aliphatic imine (C=N–C) groups is 1. The van der Waals surface area contributed by atoms with Gasteiger partial charge < -0.3 is 14.8 Å². The molecule has 0 radical (unpaired) electrons. The first kappa shape index (κ1) is 20.6. The Balaban J connectivity index is 2.09. The highest BCUT2D eigenvalue weighted by molar-refractivity contribution is 7.98. The van der Waals surface area contributed by atoms with Gasteiger partial charge in [0.15, 0.2) is 11.8 Å². The summed E-state index contributed by atoms with van der Waals surface area (Å²) in [6.45, 7) is 3.98. The Hall–Kier alpha value is -1.73. The van der Waals surface area contributed by atoms with Crippen molar-refractivity contribution >= 4 is 29.3 Å². The molecule has 0 spiro atoms. The van der Waals surface area contributed by atoms with Gasteiger partial charge >= 0.3 is 0 Å². The van der Waals surface area contributed by atoms with E-state index < -0.39 is 0 Å². The molecule has 0 aliphatic carbocycles. The second-order valence-electron chi connectivity index (χ2n) is 6.08. The molecule has 6 nitrogen and oxygen atoms in total. The number of halogens is 1. The summed E-state index contributed by atoms with van der Waals surface area (Å²) in [7, 11) is 3.98. The molecule has 0 aliphatic heterocycles. The van der Waals surface area contributed by atoms with Gasteiger partial charge in [0.1, 0.15) is 12.4 Å². The van der Waals surface area contributed by atoms with Gasteiger partial charge in [-0.1, -0.05) is 29.8 Å². The molecule has 26 heavy (non-hydrogen) atoms. The van der Waals surface area contributed by atoms with Crippen molar-refractivity contribution in [1.82, 2.24) is 25.0 Å². The number of aryl methyl sites for hydroxylation is 1. The zero-order valence-corrected chi connectivity index (χ0v) is 17.4. The summed E-state index contributed by atoms with van der Waals surface area (Å²) in [4.78, 5) is 6.84. The highest BCUT2D eigenvalue weighted by Gasteiger charge is 2.11. The molecule has 1 N–H and O–H groups in total. The first-order valence-electron chi connectivity index (χ1n) is 8.59. The molecule has 1 heterocycles. The molecule has 0 atom stereocenters. The van der Waals surface area contributed by atoms with E-state index in [4.69, 9.17) is 16.6 Å². The first-order valence-corrected chi connectivity index (χ1v) is 10.4. The number of thioether (sulfide) groups is 1. The highest BCUT2D eigenvalue weighted by Crippen LogP contribution is 2.16. The third-order valence-corrected chi connectivity index (χ3v) is 5.15. The van der Waals surface area contributed by atoms with Gasteiger partial charge in [0.2, 0.25) is 0 Å². The number of nitrogens with zero attached hydrogens (tertiary/aromatic N) is 5. The summed E-state index contributed by atoms with van der Waals surface area (Å²) in [6.07, 6.45) is 3.21. The lowest BCUT2D eigenvalue weighted by molar-refractivity contribution is 0.474. The molecule has 0 saturated carbocycles. The minimum Gasteiger partial charge on any atom is -0.356 e. The van der Waals surface area contributed by atoms with Crippen LogP contribution < -0.4 is 5.32 Å². The van der Waals surface area contributed by atoms with Crippen molar-refractivity contribution in [3.05, 3.63) is 46.5 Å². The van der Waals surface area contributed by atoms with Crippen molar-refractivity contribution in [3.63, 3.8) is 0 Å². The normalized spacial score (nSPS) is 11.7. The van der Waals surface area contributed by atoms with E-state index >= 15 is 0 Å². The summed E-state index contributed by atoms with van der Waals surface area (Å²) >= 11 is 8.15. The Morgan fingerprint density at radius 3 is 2.77 bits per heavy atom. The fraction of sp³-hybridized carbons (Fsp3) is 0.500. The van der Waals surface area contributed by atoms with Crippen molar-refractivity contribution in [2.24, 2.45) is 12.0 Å². The van der Waals surface area contributed by atoms with Gasteiger partial charge in [-0.25, -0.2) is 4.99 Å². The van der Waals surface area contributed by atoms with Crippen LogP contribution in [0.2, 0.25) is 5.02 Å². The second kappa shape index (κ2) is 10.4. The van der Waals surface area contributed by atoms with Crippen molar-refractivity contribution in [3.8, 4) is 0 Å². The average Bonchev–Trinajstić information content (AvgIpc) is 2.95. The number of guanidine groups is 1. The molecule has 0 bridgehead atoms. The predicted octanol–water partition coefficient (Wildman–Crippen LogP) is 3.11. The Morgan fingerprint density at radius 1 is 1.35 bits per heavy atom. The molecule has 0 saturated heterocycles. The third-order valence-electron chi connectivity index (χ3n) is 4.09. The molecule has 0 fully saturated rings. The maximum atomic E-state index is 6.30. The number of aromatic nitrogens is 3. The van der Waals surface area contributed by atoms with Gasteiger partial charge in [-0.3, -0.25) is 0 Å². The molecule has 2 aromatic rings. The van der Waals surface area contributed by atoms with Gasteiger partial charge in [0.05, 0.1) is 0 Å². The summed E-state index contributed by atoms with van der Waals surface area (Å²) in [5.74, 6) is 3.69. The van der Waals surface area contributed by atoms with Gasteiger partial charge in [-0.15, -0.1) is 10.2 Å². The Bertz CT molecular complexity index is 730. The molecule has 1 aromatic carbocycles. The number of hydrogen-bond acceptors (Lipinski definition) is 4. The summed E-state index contributed by atoms with van der Waals surface area (Å²) in [5, 5.41) is 12.5. The molecule has 142 valence electrons. The zero-order chi connectivity index (χ0) is 18.9. The monoisotopic (exact) mass is 394 g/mol. The molecular weight excluding hydrogens is 368 g/mol. The van der Waals surface area contributed by atoms with E-state index in [1.54, 1.807) is 0 Å². The molecule has 0 unspecified atom stereocenters. The van der Waals surface area contributed by atoms with Crippen LogP contribution in [0.1, 0.15) is 23.6 Å². The van der Waals surface area contributed by atoms with E-state index in [1.807, 2.05) is 61.6 Å². The lowest BCUT2D eigenvalue weighted by atomic mass is 10.2. The van der Waals surface area contributed by atoms with E-state index in [9.17, 15) is 0 Å². The summed E-state index contributed by atoms with van der Waals surface area (Å²) < 4.78 is 1.96. The molecule has 2 rings (SSSR count). The Morgan fingerprint density at radius 2 is 2.12 bits per heavy atom. The molecule has 0 amide bonds. The number of rotatable bonds is 8. The lowest BCUT2D eigenvalue weighted by Gasteiger charge is -2.23. The van der Waals surface area contributed by atoms with Crippen LogP contribution in [-0.2, 0) is 20.1 Å². The minimum absolute atomic E-state index is 0.481. The number of hydrogen-bond donors (Lipinski definition) is 1. The average molecular weight is 395 g/mol. The molecular formula is C18H27ClN6S. The van der Waals surface area contributed by atoms with Gasteiger partial charge in [-0.05, 0) is 37.0 Å². The van der Waals surface area contributed by atoms with E-state index in [0.717, 1.165) is 46.9 Å². The van der Waals surface area contributed by atoms with Gasteiger partial charge in [-0.2, -0.15) is 11.8 Å². The van der Waals surface area contributed by atoms with Crippen LogP contribution in [0.15, 0.2) is 29.3 Å². The largest absolute Gasteiger partial charge is 0.356 e. The maximum Gasteiger partial charge on any atom is 0.194 e. The standard InChI is InChI=1S/C18H27ClN6S/c1-14-22-23-17(25(14)3)12-21-18(20-10-7-11-26-4)24(2)13-15-8-5-6-9-16(15)19/h5-6,8-9H,7,10-13H2,1-4H3,(H,20,21). The van der Waals surface area contributed by atoms with E-state index in [0.29, 0.717) is 13.1 Å². The predicted molar refractivity (Wildman–Crippen MR) is 111 cm³/mol. The third kappa shape index (κ3) is 5.92. The van der Waals surface area contributed by atoms with Crippen molar-refractivity contribution in [2.75, 3.05) is 25.6 Å². The Labute approximate surface area is 165 Å². The highest BCUT2D eigenvalue weighted by atomic mass is 35.5. The maximum absolute atomic E-state index is 6.30. The van der Waals surface area contributed by atoms with Crippen molar-refractivity contribution < 1.29 is 0 Å². The minimum atomic E-state index is 0.481. The molecule has 0 aliphatic rings. The summed E-state index contributed by atoms with van der Waals surface area (Å²) in [6, 6.07) is 7.89. The fourth-order valence-corrected chi connectivity index (χ4v) is 3.05. The molecule has 1 aromatic heterocycles. The van der Waals surface area contributed by atoms with E-state index in [1.165, 1.54) is 0 Å². The van der Waals surface area contributed by atoms with E-state index in [-0.39, 0.29) is 0 Å². The fourth-order valence-electron chi connectivity index (χ4n) is 2.42. The zero-order valence-electron chi connectivity index (χ0n) is 15.9. The summed E-state index contributed by atoms with van der Waals surface area (Å²) in [5.41, 5.74) is 1.07. The van der Waals surface area contributed by atoms with Crippen LogP contribution in [-0.4, -0.2) is 51.2 Å². The number of nitrogens with one attached hydrogen (secondary N) is 1. The quantitative estimate of drug-likeness (QED) is 0.423. The van der Waals surface area contributed by atoms with E-state index in [2.05, 4.69) is 26.7 Å². The van der Waals surface area contributed by atoms with Crippen LogP contribution in [0.5, 0.6) is 0 Å². The van der Waals surface area contributed by atoms with Crippen LogP contribution in [0, 0.1) is 6.92 Å². The first-order chi connectivity index (χ1) is 12.5. The van der Waals surface area contributed by atoms with Crippen molar-refractivity contribution in [1.29, 1.82) is 0 Å². The van der Waals surface area contributed by atoms with Crippen LogP contribution in [0.4, 0.5) is 0 Å². The van der Waals surface area contributed by atoms with Crippen LogP contribution >= 0.6 is 23.4 Å². The van der Waals surface area contributed by atoms with Crippen LogP contribution in [0.3, 0.4) is 0 Å². The number of benzene rings is 1. The second-order valence-corrected chi connectivity index (χ2v) is 7.48. The lowest BCUT2D eigenvalue weighted by Crippen LogP contribution is -2.39. The van der Waals surface area contributed by atoms with Crippen molar-refractivity contribution in [2.45, 2.75) is 26.4 Å². The van der Waals surface area contributed by atoms with Gasteiger partial charge in [0, 0.05) is 32.2 Å². The smallest absolute Gasteiger partial charge is 0.194 e. The topological polar surface area (TPSA) is 58.3 Å².